The molecule has 1 saturated carbocycles. The number of nitrogens with zero attached hydrogens (tertiary/aromatic N) is 7. The second-order valence-corrected chi connectivity index (χ2v) is 14.5. The van der Waals surface area contributed by atoms with Gasteiger partial charge in [-0.15, -0.1) is 11.3 Å². The third-order valence-electron chi connectivity index (χ3n) is 9.87. The first-order chi connectivity index (χ1) is 22.2. The van der Waals surface area contributed by atoms with Crippen molar-refractivity contribution in [3.8, 4) is 5.88 Å². The van der Waals surface area contributed by atoms with E-state index in [0.717, 1.165) is 60.7 Å². The molecule has 13 nitrogen and oxygen atoms in total. The van der Waals surface area contributed by atoms with Gasteiger partial charge in [0.15, 0.2) is 10.7 Å². The maximum Gasteiger partial charge on any atom is 0.410 e. The van der Waals surface area contributed by atoms with E-state index < -0.39 is 0 Å². The van der Waals surface area contributed by atoms with Crippen LogP contribution in [0.5, 0.6) is 5.88 Å². The van der Waals surface area contributed by atoms with Crippen LogP contribution in [0.3, 0.4) is 0 Å². The predicted octanol–water partition coefficient (Wildman–Crippen LogP) is 3.58. The number of carbonyl (C=O) groups excluding carboxylic acids is 2. The summed E-state index contributed by atoms with van der Waals surface area (Å²) >= 11 is 1.39. The molecule has 3 aliphatic heterocycles. The van der Waals surface area contributed by atoms with E-state index >= 15 is 0 Å². The van der Waals surface area contributed by atoms with Crippen molar-refractivity contribution < 1.29 is 19.1 Å². The Morgan fingerprint density at radius 1 is 1.20 bits per heavy atom. The SMILES string of the molecule is COC(=O)N1CC=C(c2cc(N3CCC[C@@H](NC(=O)c4sc(C)nc4OC4CC5CC(C4)N(C(C)C)C5)C3)c3c(N)ncnn23)C1. The number of thiazole rings is 1. The second-order valence-electron chi connectivity index (χ2n) is 13.3. The van der Waals surface area contributed by atoms with Crippen molar-refractivity contribution in [3.05, 3.63) is 34.0 Å². The number of aryl methyl sites for hydroxylation is 1. The molecule has 246 valence electrons. The average Bonchev–Trinajstić information content (AvgIpc) is 3.81. The Balaban J connectivity index is 1.06. The smallest absolute Gasteiger partial charge is 0.410 e. The lowest BCUT2D eigenvalue weighted by atomic mass is 9.88. The highest BCUT2D eigenvalue weighted by Crippen LogP contribution is 2.39. The van der Waals surface area contributed by atoms with Crippen molar-refractivity contribution in [1.29, 1.82) is 0 Å². The summed E-state index contributed by atoms with van der Waals surface area (Å²) < 4.78 is 13.2. The first-order valence-corrected chi connectivity index (χ1v) is 17.1. The van der Waals surface area contributed by atoms with Crippen LogP contribution in [0.15, 0.2) is 18.5 Å². The molecule has 4 atom stereocenters. The molecule has 0 aromatic carbocycles. The predicted molar refractivity (Wildman–Crippen MR) is 176 cm³/mol. The number of hydrogen-bond donors (Lipinski definition) is 2. The number of amides is 2. The molecule has 2 bridgehead atoms. The fraction of sp³-hybridized carbons (Fsp3) is 0.594. The van der Waals surface area contributed by atoms with Gasteiger partial charge in [0, 0.05) is 44.3 Å². The molecule has 4 aliphatic rings. The largest absolute Gasteiger partial charge is 0.473 e. The van der Waals surface area contributed by atoms with Crippen molar-refractivity contribution in [2.75, 3.05) is 50.5 Å². The molecule has 3 fully saturated rings. The maximum atomic E-state index is 13.7. The Bertz CT molecular complexity index is 1670. The Labute approximate surface area is 272 Å². The zero-order valence-corrected chi connectivity index (χ0v) is 27.8. The number of nitrogens with one attached hydrogen (secondary N) is 1. The standard InChI is InChI=1S/C32H43N9O4S/c1-18(2)40-14-20-10-23(40)12-24(11-20)45-31-28(46-19(3)36-31)30(42)37-22-6-5-8-38(16-22)26-13-25(41-27(26)29(33)34-17-35-41)21-7-9-39(15-21)32(43)44-4/h7,13,17-18,20,22-24H,5-6,8-12,14-16H2,1-4H3,(H,37,42)(H2,33,34,35)/t20?,22-,23?,24?/m1/s1. The summed E-state index contributed by atoms with van der Waals surface area (Å²) in [6.45, 7) is 9.88. The fourth-order valence-electron chi connectivity index (χ4n) is 7.83. The molecule has 46 heavy (non-hydrogen) atoms. The molecule has 7 rings (SSSR count). The minimum absolute atomic E-state index is 0.0744. The van der Waals surface area contributed by atoms with Gasteiger partial charge in [0.2, 0.25) is 5.88 Å². The lowest BCUT2D eigenvalue weighted by Gasteiger charge is -2.34. The topological polar surface area (TPSA) is 143 Å². The first-order valence-electron chi connectivity index (χ1n) is 16.3. The van der Waals surface area contributed by atoms with Gasteiger partial charge in [-0.1, -0.05) is 6.08 Å². The summed E-state index contributed by atoms with van der Waals surface area (Å²) in [5.74, 6) is 1.34. The van der Waals surface area contributed by atoms with Gasteiger partial charge in [0.1, 0.15) is 17.9 Å². The molecule has 3 aromatic rings. The highest BCUT2D eigenvalue weighted by Gasteiger charge is 2.42. The fourth-order valence-corrected chi connectivity index (χ4v) is 8.58. The third kappa shape index (κ3) is 5.76. The van der Waals surface area contributed by atoms with Crippen molar-refractivity contribution in [3.63, 3.8) is 0 Å². The normalized spacial score (nSPS) is 24.9. The summed E-state index contributed by atoms with van der Waals surface area (Å²) in [5, 5.41) is 8.63. The molecule has 3 N–H and O–H groups in total. The summed E-state index contributed by atoms with van der Waals surface area (Å²) in [6, 6.07) is 3.05. The van der Waals surface area contributed by atoms with Crippen molar-refractivity contribution >= 4 is 45.9 Å². The van der Waals surface area contributed by atoms with Gasteiger partial charge in [0.25, 0.3) is 5.91 Å². The Kier molecular flexibility index (Phi) is 8.26. The number of fused-ring (bicyclic) bond motifs is 3. The number of anilines is 2. The summed E-state index contributed by atoms with van der Waals surface area (Å²) in [4.78, 5) is 41.8. The van der Waals surface area contributed by atoms with Crippen LogP contribution in [-0.4, -0.2) is 105 Å². The van der Waals surface area contributed by atoms with Crippen LogP contribution >= 0.6 is 11.3 Å². The van der Waals surface area contributed by atoms with Gasteiger partial charge in [-0.3, -0.25) is 9.69 Å². The molecule has 1 aliphatic carbocycles. The minimum atomic E-state index is -0.371. The highest BCUT2D eigenvalue weighted by atomic mass is 32.1. The number of likely N-dealkylation sites (tertiary alicyclic amines) is 1. The molecule has 14 heteroatoms. The number of nitrogens with two attached hydrogens (primary N) is 1. The van der Waals surface area contributed by atoms with E-state index in [0.29, 0.717) is 59.7 Å². The Hall–Kier alpha value is -3.91. The maximum absolute atomic E-state index is 13.7. The molecule has 0 spiro atoms. The molecular weight excluding hydrogens is 606 g/mol. The Morgan fingerprint density at radius 2 is 2.04 bits per heavy atom. The third-order valence-corrected chi connectivity index (χ3v) is 10.8. The van der Waals surface area contributed by atoms with E-state index in [1.165, 1.54) is 31.2 Å². The van der Waals surface area contributed by atoms with Crippen molar-refractivity contribution in [2.24, 2.45) is 5.92 Å². The zero-order valence-electron chi connectivity index (χ0n) is 26.9. The monoisotopic (exact) mass is 649 g/mol. The van der Waals surface area contributed by atoms with E-state index in [4.69, 9.17) is 15.2 Å². The summed E-state index contributed by atoms with van der Waals surface area (Å²) in [7, 11) is 1.38. The molecule has 3 unspecified atom stereocenters. The van der Waals surface area contributed by atoms with Gasteiger partial charge < -0.3 is 30.3 Å². The van der Waals surface area contributed by atoms with Crippen LogP contribution in [0.2, 0.25) is 0 Å². The quantitative estimate of drug-likeness (QED) is 0.390. The number of rotatable bonds is 7. The number of carbonyl (C=O) groups is 2. The van der Waals surface area contributed by atoms with E-state index in [1.54, 1.807) is 9.42 Å². The molecule has 6 heterocycles. The van der Waals surface area contributed by atoms with Gasteiger partial charge in [0.05, 0.1) is 30.0 Å². The van der Waals surface area contributed by atoms with Crippen LogP contribution in [0.1, 0.15) is 66.3 Å². The van der Waals surface area contributed by atoms with Gasteiger partial charge in [-0.2, -0.15) is 5.10 Å². The molecule has 2 amide bonds. The van der Waals surface area contributed by atoms with Gasteiger partial charge in [-0.25, -0.2) is 19.3 Å². The Morgan fingerprint density at radius 3 is 2.85 bits per heavy atom. The van der Waals surface area contributed by atoms with E-state index in [2.05, 4.69) is 50.1 Å². The number of ether oxygens (including phenoxy) is 2. The lowest BCUT2D eigenvalue weighted by Crippen LogP contribution is -2.47. The zero-order chi connectivity index (χ0) is 32.1. The molecule has 3 aromatic heterocycles. The summed E-state index contributed by atoms with van der Waals surface area (Å²) in [5.41, 5.74) is 9.85. The van der Waals surface area contributed by atoms with Crippen LogP contribution in [0.25, 0.3) is 11.1 Å². The lowest BCUT2D eigenvalue weighted by molar-refractivity contribution is 0.0908. The van der Waals surface area contributed by atoms with Crippen LogP contribution in [0, 0.1) is 12.8 Å². The van der Waals surface area contributed by atoms with Crippen LogP contribution in [0.4, 0.5) is 16.3 Å². The van der Waals surface area contributed by atoms with Crippen LogP contribution < -0.4 is 20.7 Å². The van der Waals surface area contributed by atoms with Crippen LogP contribution in [-0.2, 0) is 4.74 Å². The molecule has 0 radical (unpaired) electrons. The second kappa shape index (κ2) is 12.4. The minimum Gasteiger partial charge on any atom is -0.473 e. The van der Waals surface area contributed by atoms with Crippen molar-refractivity contribution in [2.45, 2.75) is 77.1 Å². The number of aromatic nitrogens is 4. The van der Waals surface area contributed by atoms with Gasteiger partial charge >= 0.3 is 6.09 Å². The van der Waals surface area contributed by atoms with Crippen molar-refractivity contribution in [1.82, 2.24) is 34.7 Å². The number of methoxy groups -OCH3 is 1. The highest BCUT2D eigenvalue weighted by molar-refractivity contribution is 7.13. The number of nitrogen functional groups attached to an aromatic ring is 1. The molecular formula is C32H43N9O4S. The average molecular weight is 650 g/mol. The van der Waals surface area contributed by atoms with E-state index in [9.17, 15) is 9.59 Å². The van der Waals surface area contributed by atoms with Gasteiger partial charge in [-0.05, 0) is 70.4 Å². The summed E-state index contributed by atoms with van der Waals surface area (Å²) in [6.07, 6.45) is 8.12. The first kappa shape index (κ1) is 30.7. The van der Waals surface area contributed by atoms with E-state index in [1.807, 2.05) is 13.0 Å². The number of piperidine rings is 1. The van der Waals surface area contributed by atoms with E-state index in [-0.39, 0.29) is 24.1 Å². The molecule has 2 saturated heterocycles. The number of hydrogen-bond acceptors (Lipinski definition) is 11.